The maximum absolute atomic E-state index is 6.25. The minimum atomic E-state index is 0.213. The van der Waals surface area contributed by atoms with Crippen LogP contribution in [0.25, 0.3) is 22.3 Å². The van der Waals surface area contributed by atoms with Crippen molar-refractivity contribution in [3.05, 3.63) is 84.4 Å². The summed E-state index contributed by atoms with van der Waals surface area (Å²) in [6.07, 6.45) is 1.06. The molecule has 0 N–H and O–H groups in total. The van der Waals surface area contributed by atoms with Crippen molar-refractivity contribution in [2.24, 2.45) is 0 Å². The van der Waals surface area contributed by atoms with Crippen molar-refractivity contribution in [2.45, 2.75) is 13.3 Å². The van der Waals surface area contributed by atoms with E-state index in [1.165, 1.54) is 19.9 Å². The number of fused-ring (bicyclic) bond motifs is 1. The molecule has 0 amide bonds. The molecule has 0 aliphatic carbocycles. The molecule has 4 rings (SSSR count). The first kappa shape index (κ1) is 15.3. The first-order chi connectivity index (χ1) is 11.9. The van der Waals surface area contributed by atoms with E-state index in [4.69, 9.17) is 4.42 Å². The van der Waals surface area contributed by atoms with Crippen LogP contribution in [0.15, 0.2) is 83.3 Å². The Labute approximate surface area is 148 Å². The zero-order chi connectivity index (χ0) is 16.4. The molecular weight excluding hydrogens is 359 g/mol. The molecule has 0 bridgehead atoms. The molecule has 0 saturated heterocycles. The molecule has 0 fully saturated rings. The average Bonchev–Trinajstić information content (AvgIpc) is 3.02. The van der Waals surface area contributed by atoms with Crippen LogP contribution in [0.4, 0.5) is 0 Å². The Morgan fingerprint density at radius 3 is 2.33 bits per heavy atom. The molecular formula is C22H18OSe. The van der Waals surface area contributed by atoms with E-state index in [-0.39, 0.29) is 15.0 Å². The quantitative estimate of drug-likeness (QED) is 0.483. The Morgan fingerprint density at radius 1 is 0.792 bits per heavy atom. The monoisotopic (exact) mass is 378 g/mol. The maximum atomic E-state index is 6.25. The summed E-state index contributed by atoms with van der Waals surface area (Å²) in [6.45, 7) is 2.22. The van der Waals surface area contributed by atoms with E-state index in [0.29, 0.717) is 0 Å². The second-order valence-electron chi connectivity index (χ2n) is 5.69. The molecule has 0 aliphatic rings. The molecule has 1 aromatic heterocycles. The molecule has 1 heterocycles. The summed E-state index contributed by atoms with van der Waals surface area (Å²) >= 11 is 0.213. The summed E-state index contributed by atoms with van der Waals surface area (Å²) in [4.78, 5) is 0. The van der Waals surface area contributed by atoms with Crippen LogP contribution in [-0.4, -0.2) is 15.0 Å². The standard InChI is InChI=1S/C22H18OSe/c1-2-16-10-6-9-15-20(16)24-22-18-13-7-8-14-19(18)23-21(22)17-11-4-3-5-12-17/h3-15H,2H2,1H3. The van der Waals surface area contributed by atoms with Gasteiger partial charge in [0.2, 0.25) is 0 Å². The summed E-state index contributed by atoms with van der Waals surface area (Å²) in [5, 5.41) is 1.24. The number of furan rings is 1. The zero-order valence-corrected chi connectivity index (χ0v) is 15.2. The fraction of sp³-hybridized carbons (Fsp3) is 0.0909. The Hall–Kier alpha value is -2.28. The van der Waals surface area contributed by atoms with E-state index in [1.54, 1.807) is 0 Å². The normalized spacial score (nSPS) is 11.0. The second-order valence-corrected chi connectivity index (χ2v) is 7.89. The molecule has 3 aromatic carbocycles. The van der Waals surface area contributed by atoms with Gasteiger partial charge in [-0.05, 0) is 0 Å². The number of rotatable bonds is 4. The van der Waals surface area contributed by atoms with Crippen LogP contribution >= 0.6 is 0 Å². The van der Waals surface area contributed by atoms with E-state index in [2.05, 4.69) is 73.7 Å². The Morgan fingerprint density at radius 2 is 1.50 bits per heavy atom. The molecule has 2 heteroatoms. The van der Waals surface area contributed by atoms with E-state index in [0.717, 1.165) is 23.3 Å². The second kappa shape index (κ2) is 6.68. The van der Waals surface area contributed by atoms with Gasteiger partial charge in [-0.1, -0.05) is 0 Å². The fourth-order valence-electron chi connectivity index (χ4n) is 2.91. The van der Waals surface area contributed by atoms with Crippen LogP contribution < -0.4 is 8.92 Å². The van der Waals surface area contributed by atoms with Gasteiger partial charge in [0.1, 0.15) is 0 Å². The summed E-state index contributed by atoms with van der Waals surface area (Å²) in [7, 11) is 0. The molecule has 0 aliphatic heterocycles. The van der Waals surface area contributed by atoms with Crippen LogP contribution in [0.3, 0.4) is 0 Å². The van der Waals surface area contributed by atoms with Crippen LogP contribution in [0, 0.1) is 0 Å². The van der Waals surface area contributed by atoms with Crippen LogP contribution in [0.2, 0.25) is 0 Å². The fourth-order valence-corrected chi connectivity index (χ4v) is 5.51. The summed E-state index contributed by atoms with van der Waals surface area (Å²) in [5.74, 6) is 1.02. The SMILES string of the molecule is CCc1ccccc1[Se]c1c(-c2ccccc2)oc2ccccc12. The van der Waals surface area contributed by atoms with Gasteiger partial charge in [0, 0.05) is 0 Å². The molecule has 0 radical (unpaired) electrons. The first-order valence-corrected chi connectivity index (χ1v) is 9.91. The number of para-hydroxylation sites is 1. The van der Waals surface area contributed by atoms with Gasteiger partial charge < -0.3 is 0 Å². The molecule has 1 nitrogen and oxygen atoms in total. The van der Waals surface area contributed by atoms with Gasteiger partial charge in [-0.25, -0.2) is 0 Å². The van der Waals surface area contributed by atoms with E-state index in [1.807, 2.05) is 12.1 Å². The molecule has 118 valence electrons. The van der Waals surface area contributed by atoms with Gasteiger partial charge in [0.25, 0.3) is 0 Å². The van der Waals surface area contributed by atoms with Crippen molar-refractivity contribution in [1.29, 1.82) is 0 Å². The summed E-state index contributed by atoms with van der Waals surface area (Å²) in [5.41, 5.74) is 3.56. The topological polar surface area (TPSA) is 13.1 Å². The molecule has 0 spiro atoms. The number of benzene rings is 3. The number of hydrogen-bond donors (Lipinski definition) is 0. The predicted molar refractivity (Wildman–Crippen MR) is 102 cm³/mol. The van der Waals surface area contributed by atoms with Gasteiger partial charge in [-0.2, -0.15) is 0 Å². The van der Waals surface area contributed by atoms with Gasteiger partial charge in [-0.15, -0.1) is 0 Å². The van der Waals surface area contributed by atoms with Crippen molar-refractivity contribution in [1.82, 2.24) is 0 Å². The summed E-state index contributed by atoms with van der Waals surface area (Å²) < 4.78 is 9.03. The van der Waals surface area contributed by atoms with E-state index in [9.17, 15) is 0 Å². The van der Waals surface area contributed by atoms with Crippen LogP contribution in [0.5, 0.6) is 0 Å². The number of aryl methyl sites for hydroxylation is 1. The van der Waals surface area contributed by atoms with Gasteiger partial charge in [0.15, 0.2) is 0 Å². The Bertz CT molecular complexity index is 970. The predicted octanol–water partition coefficient (Wildman–Crippen LogP) is 4.32. The van der Waals surface area contributed by atoms with Gasteiger partial charge in [0.05, 0.1) is 0 Å². The van der Waals surface area contributed by atoms with Gasteiger partial charge >= 0.3 is 148 Å². The average molecular weight is 377 g/mol. The zero-order valence-electron chi connectivity index (χ0n) is 13.5. The van der Waals surface area contributed by atoms with Gasteiger partial charge in [-0.3, -0.25) is 0 Å². The van der Waals surface area contributed by atoms with E-state index >= 15 is 0 Å². The van der Waals surface area contributed by atoms with Crippen LogP contribution in [0.1, 0.15) is 12.5 Å². The number of hydrogen-bond acceptors (Lipinski definition) is 1. The molecule has 4 aromatic rings. The third-order valence-electron chi connectivity index (χ3n) is 4.15. The molecule has 24 heavy (non-hydrogen) atoms. The minimum absolute atomic E-state index is 0.213. The Balaban J connectivity index is 1.90. The third kappa shape index (κ3) is 2.80. The van der Waals surface area contributed by atoms with Crippen LogP contribution in [-0.2, 0) is 6.42 Å². The van der Waals surface area contributed by atoms with E-state index < -0.39 is 0 Å². The Kier molecular flexibility index (Phi) is 4.25. The van der Waals surface area contributed by atoms with Crippen molar-refractivity contribution >= 4 is 34.8 Å². The molecule has 0 unspecified atom stereocenters. The molecule has 0 saturated carbocycles. The van der Waals surface area contributed by atoms with Crippen molar-refractivity contribution in [2.75, 3.05) is 0 Å². The first-order valence-electron chi connectivity index (χ1n) is 8.19. The van der Waals surface area contributed by atoms with Crippen molar-refractivity contribution < 1.29 is 4.42 Å². The van der Waals surface area contributed by atoms with Crippen molar-refractivity contribution in [3.63, 3.8) is 0 Å². The molecule has 0 atom stereocenters. The van der Waals surface area contributed by atoms with Crippen molar-refractivity contribution in [3.8, 4) is 11.3 Å². The summed E-state index contributed by atoms with van der Waals surface area (Å²) in [6, 6.07) is 27.6. The third-order valence-corrected chi connectivity index (χ3v) is 6.73.